The van der Waals surface area contributed by atoms with Crippen molar-refractivity contribution in [2.75, 3.05) is 20.6 Å². The van der Waals surface area contributed by atoms with Gasteiger partial charge in [-0.3, -0.25) is 9.36 Å². The first-order valence-corrected chi connectivity index (χ1v) is 8.69. The molecule has 3 aromatic rings. The van der Waals surface area contributed by atoms with Crippen LogP contribution in [0.1, 0.15) is 33.3 Å². The number of nitrogens with zero attached hydrogens (tertiary/aromatic N) is 3. The van der Waals surface area contributed by atoms with Crippen LogP contribution in [-0.2, 0) is 0 Å². The fourth-order valence-electron chi connectivity index (χ4n) is 3.11. The van der Waals surface area contributed by atoms with E-state index in [2.05, 4.69) is 11.4 Å². The molecular formula is C21H22N4O2. The van der Waals surface area contributed by atoms with E-state index in [1.54, 1.807) is 23.9 Å². The van der Waals surface area contributed by atoms with E-state index in [4.69, 9.17) is 4.42 Å². The molecule has 0 spiro atoms. The van der Waals surface area contributed by atoms with Gasteiger partial charge in [-0.2, -0.15) is 5.26 Å². The fourth-order valence-corrected chi connectivity index (χ4v) is 3.11. The quantitative estimate of drug-likeness (QED) is 0.730. The zero-order valence-corrected chi connectivity index (χ0v) is 15.6. The SMILES string of the molecule is Cc1oc(-n2cccc2)c(C#N)c1C(=O)NC[C@H](c1ccccc1)N(C)C. The van der Waals surface area contributed by atoms with Gasteiger partial charge in [0.15, 0.2) is 0 Å². The van der Waals surface area contributed by atoms with Crippen LogP contribution < -0.4 is 5.32 Å². The zero-order chi connectivity index (χ0) is 19.4. The van der Waals surface area contributed by atoms with Gasteiger partial charge in [0.2, 0.25) is 5.88 Å². The molecule has 3 rings (SSSR count). The summed E-state index contributed by atoms with van der Waals surface area (Å²) < 4.78 is 7.40. The molecule has 0 bridgehead atoms. The molecule has 6 heteroatoms. The molecule has 0 fully saturated rings. The maximum Gasteiger partial charge on any atom is 0.256 e. The average Bonchev–Trinajstić information content (AvgIpc) is 3.29. The molecule has 0 unspecified atom stereocenters. The first-order chi connectivity index (χ1) is 13.0. The molecule has 2 aromatic heterocycles. The molecule has 27 heavy (non-hydrogen) atoms. The summed E-state index contributed by atoms with van der Waals surface area (Å²) in [6, 6.07) is 15.8. The van der Waals surface area contributed by atoms with Gasteiger partial charge in [-0.05, 0) is 38.7 Å². The Hall–Kier alpha value is -3.30. The molecular weight excluding hydrogens is 340 g/mol. The number of carbonyl (C=O) groups is 1. The van der Waals surface area contributed by atoms with E-state index in [0.717, 1.165) is 5.56 Å². The number of hydrogen-bond donors (Lipinski definition) is 1. The summed E-state index contributed by atoms with van der Waals surface area (Å²) in [5.74, 6) is 0.472. The van der Waals surface area contributed by atoms with Crippen molar-refractivity contribution in [1.29, 1.82) is 5.26 Å². The van der Waals surface area contributed by atoms with Crippen LogP contribution in [0, 0.1) is 18.3 Å². The summed E-state index contributed by atoms with van der Waals surface area (Å²) in [6.07, 6.45) is 3.55. The normalized spacial score (nSPS) is 12.0. The summed E-state index contributed by atoms with van der Waals surface area (Å²) in [6.45, 7) is 2.12. The second kappa shape index (κ2) is 7.94. The molecule has 138 valence electrons. The minimum absolute atomic E-state index is 0.0248. The van der Waals surface area contributed by atoms with Gasteiger partial charge in [-0.1, -0.05) is 30.3 Å². The third-order valence-electron chi connectivity index (χ3n) is 4.51. The number of aromatic nitrogens is 1. The van der Waals surface area contributed by atoms with Crippen LogP contribution >= 0.6 is 0 Å². The molecule has 1 N–H and O–H groups in total. The van der Waals surface area contributed by atoms with E-state index in [1.807, 2.05) is 61.5 Å². The zero-order valence-electron chi connectivity index (χ0n) is 15.6. The Morgan fingerprint density at radius 1 is 1.22 bits per heavy atom. The number of amides is 1. The highest BCUT2D eigenvalue weighted by atomic mass is 16.4. The van der Waals surface area contributed by atoms with Gasteiger partial charge in [0.05, 0.1) is 6.04 Å². The number of likely N-dealkylation sites (N-methyl/N-ethyl adjacent to an activating group) is 1. The molecule has 0 aliphatic rings. The van der Waals surface area contributed by atoms with Crippen LogP contribution in [0.25, 0.3) is 5.88 Å². The number of carbonyl (C=O) groups excluding carboxylic acids is 1. The predicted octanol–water partition coefficient (Wildman–Crippen LogP) is 3.28. The average molecular weight is 362 g/mol. The maximum absolute atomic E-state index is 12.8. The molecule has 1 atom stereocenters. The predicted molar refractivity (Wildman–Crippen MR) is 103 cm³/mol. The monoisotopic (exact) mass is 362 g/mol. The summed E-state index contributed by atoms with van der Waals surface area (Å²) in [5.41, 5.74) is 1.63. The van der Waals surface area contributed by atoms with Crippen molar-refractivity contribution < 1.29 is 9.21 Å². The number of benzene rings is 1. The molecule has 0 aliphatic heterocycles. The van der Waals surface area contributed by atoms with Gasteiger partial charge in [0.1, 0.15) is 23.0 Å². The van der Waals surface area contributed by atoms with Crippen molar-refractivity contribution >= 4 is 5.91 Å². The van der Waals surface area contributed by atoms with Gasteiger partial charge in [0.25, 0.3) is 5.91 Å². The fraction of sp³-hybridized carbons (Fsp3) is 0.238. The summed E-state index contributed by atoms with van der Waals surface area (Å²) in [5, 5.41) is 12.5. The number of nitrogens with one attached hydrogen (secondary N) is 1. The lowest BCUT2D eigenvalue weighted by Gasteiger charge is -2.25. The first-order valence-electron chi connectivity index (χ1n) is 8.69. The van der Waals surface area contributed by atoms with Crippen molar-refractivity contribution in [2.45, 2.75) is 13.0 Å². The van der Waals surface area contributed by atoms with Crippen molar-refractivity contribution in [2.24, 2.45) is 0 Å². The Morgan fingerprint density at radius 2 is 1.89 bits per heavy atom. The van der Waals surface area contributed by atoms with Crippen LogP contribution in [0.2, 0.25) is 0 Å². The van der Waals surface area contributed by atoms with Crippen LogP contribution in [0.4, 0.5) is 0 Å². The van der Waals surface area contributed by atoms with E-state index in [-0.39, 0.29) is 23.1 Å². The van der Waals surface area contributed by atoms with E-state index in [1.165, 1.54) is 0 Å². The highest BCUT2D eigenvalue weighted by Gasteiger charge is 2.25. The van der Waals surface area contributed by atoms with Gasteiger partial charge in [-0.15, -0.1) is 0 Å². The highest BCUT2D eigenvalue weighted by molar-refractivity contribution is 5.98. The molecule has 0 saturated carbocycles. The third-order valence-corrected chi connectivity index (χ3v) is 4.51. The van der Waals surface area contributed by atoms with E-state index in [0.29, 0.717) is 18.2 Å². The molecule has 0 radical (unpaired) electrons. The number of hydrogen-bond acceptors (Lipinski definition) is 4. The molecule has 2 heterocycles. The van der Waals surface area contributed by atoms with Gasteiger partial charge >= 0.3 is 0 Å². The molecule has 6 nitrogen and oxygen atoms in total. The highest BCUT2D eigenvalue weighted by Crippen LogP contribution is 2.25. The van der Waals surface area contributed by atoms with Crippen LogP contribution in [-0.4, -0.2) is 36.0 Å². The third kappa shape index (κ3) is 3.78. The Labute approximate surface area is 158 Å². The smallest absolute Gasteiger partial charge is 0.256 e. The lowest BCUT2D eigenvalue weighted by molar-refractivity contribution is 0.0940. The van der Waals surface area contributed by atoms with Gasteiger partial charge in [-0.25, -0.2) is 0 Å². The van der Waals surface area contributed by atoms with Crippen LogP contribution in [0.5, 0.6) is 0 Å². The Balaban J connectivity index is 1.83. The number of aryl methyl sites for hydroxylation is 1. The lowest BCUT2D eigenvalue weighted by atomic mass is 10.1. The Morgan fingerprint density at radius 3 is 2.48 bits per heavy atom. The minimum Gasteiger partial charge on any atom is -0.443 e. The van der Waals surface area contributed by atoms with Crippen LogP contribution in [0.3, 0.4) is 0 Å². The van der Waals surface area contributed by atoms with Crippen molar-refractivity contribution in [3.63, 3.8) is 0 Å². The number of furan rings is 1. The molecule has 1 aromatic carbocycles. The summed E-state index contributed by atoms with van der Waals surface area (Å²) >= 11 is 0. The molecule has 1 amide bonds. The minimum atomic E-state index is -0.311. The first kappa shape index (κ1) is 18.5. The van der Waals surface area contributed by atoms with Crippen molar-refractivity contribution in [3.8, 4) is 12.0 Å². The summed E-state index contributed by atoms with van der Waals surface area (Å²) in [7, 11) is 3.94. The largest absolute Gasteiger partial charge is 0.443 e. The topological polar surface area (TPSA) is 74.2 Å². The Kier molecular flexibility index (Phi) is 5.43. The van der Waals surface area contributed by atoms with Gasteiger partial charge < -0.3 is 14.6 Å². The number of rotatable bonds is 6. The van der Waals surface area contributed by atoms with E-state index >= 15 is 0 Å². The maximum atomic E-state index is 12.8. The van der Waals surface area contributed by atoms with Crippen molar-refractivity contribution in [3.05, 3.63) is 77.3 Å². The summed E-state index contributed by atoms with van der Waals surface area (Å²) in [4.78, 5) is 14.9. The molecule has 0 saturated heterocycles. The standard InChI is InChI=1S/C21H22N4O2/c1-15-19(17(13-22)21(27-15)25-11-7-8-12-25)20(26)23-14-18(24(2)3)16-9-5-4-6-10-16/h4-12,18H,14H2,1-3H3,(H,23,26)/t18-/m1/s1. The second-order valence-corrected chi connectivity index (χ2v) is 6.52. The molecule has 0 aliphatic carbocycles. The van der Waals surface area contributed by atoms with Crippen LogP contribution in [0.15, 0.2) is 59.3 Å². The van der Waals surface area contributed by atoms with Crippen molar-refractivity contribution in [1.82, 2.24) is 14.8 Å². The van der Waals surface area contributed by atoms with E-state index in [9.17, 15) is 10.1 Å². The van der Waals surface area contributed by atoms with E-state index < -0.39 is 0 Å². The Bertz CT molecular complexity index is 950. The second-order valence-electron chi connectivity index (χ2n) is 6.52. The van der Waals surface area contributed by atoms with Gasteiger partial charge in [0, 0.05) is 18.9 Å². The lowest BCUT2D eigenvalue weighted by Crippen LogP contribution is -2.34. The number of nitriles is 1.